The minimum Gasteiger partial charge on any atom is -0.489 e. The van der Waals surface area contributed by atoms with Gasteiger partial charge in [0.1, 0.15) is 18.5 Å². The van der Waals surface area contributed by atoms with Crippen molar-refractivity contribution in [1.29, 1.82) is 0 Å². The van der Waals surface area contributed by atoms with E-state index in [0.29, 0.717) is 0 Å². The zero-order valence-electron chi connectivity index (χ0n) is 10.6. The third-order valence-electron chi connectivity index (χ3n) is 2.68. The van der Waals surface area contributed by atoms with Gasteiger partial charge in [-0.2, -0.15) is 0 Å². The molecule has 2 rings (SSSR count). The van der Waals surface area contributed by atoms with Gasteiger partial charge in [-0.05, 0) is 11.5 Å². The Morgan fingerprint density at radius 1 is 1.21 bits per heavy atom. The van der Waals surface area contributed by atoms with E-state index in [9.17, 15) is 4.79 Å². The van der Waals surface area contributed by atoms with E-state index in [0.717, 1.165) is 16.5 Å². The smallest absolute Gasteiger partial charge is 0.303 e. The molecule has 1 unspecified atom stereocenters. The van der Waals surface area contributed by atoms with E-state index in [4.69, 9.17) is 21.1 Å². The van der Waals surface area contributed by atoms with Crippen molar-refractivity contribution in [1.82, 2.24) is 0 Å². The molecule has 19 heavy (non-hydrogen) atoms. The largest absolute Gasteiger partial charge is 0.489 e. The van der Waals surface area contributed by atoms with Gasteiger partial charge in [0.25, 0.3) is 0 Å². The molecule has 0 saturated heterocycles. The summed E-state index contributed by atoms with van der Waals surface area (Å²) in [6.07, 6.45) is -0.432. The third kappa shape index (κ3) is 3.61. The summed E-state index contributed by atoms with van der Waals surface area (Å²) in [6.45, 7) is 1.61. The molecular weight excluding hydrogens is 264 g/mol. The van der Waals surface area contributed by atoms with Crippen molar-refractivity contribution in [3.05, 3.63) is 42.5 Å². The van der Waals surface area contributed by atoms with Gasteiger partial charge in [0.05, 0.1) is 5.88 Å². The van der Waals surface area contributed by atoms with Gasteiger partial charge < -0.3 is 9.47 Å². The van der Waals surface area contributed by atoms with Crippen molar-refractivity contribution < 1.29 is 14.3 Å². The highest BCUT2D eigenvalue weighted by molar-refractivity contribution is 6.18. The van der Waals surface area contributed by atoms with Crippen LogP contribution in [0.4, 0.5) is 0 Å². The maximum atomic E-state index is 10.9. The number of benzene rings is 2. The van der Waals surface area contributed by atoms with Crippen molar-refractivity contribution >= 4 is 28.3 Å². The van der Waals surface area contributed by atoms with Crippen LogP contribution in [0.5, 0.6) is 5.75 Å². The SMILES string of the molecule is CC(=O)OC(CCl)COc1cccc2ccccc12. The molecule has 100 valence electrons. The maximum Gasteiger partial charge on any atom is 0.303 e. The Hall–Kier alpha value is -1.74. The van der Waals surface area contributed by atoms with Gasteiger partial charge in [-0.15, -0.1) is 11.6 Å². The molecule has 0 aliphatic heterocycles. The molecule has 2 aromatic rings. The molecule has 1 atom stereocenters. The Labute approximate surface area is 117 Å². The standard InChI is InChI=1S/C15H15ClO3/c1-11(17)19-13(9-16)10-18-15-8-4-6-12-5-2-3-7-14(12)15/h2-8,13H,9-10H2,1H3. The Bertz CT molecular complexity index is 563. The fourth-order valence-electron chi connectivity index (χ4n) is 1.85. The lowest BCUT2D eigenvalue weighted by Crippen LogP contribution is -2.25. The number of hydrogen-bond acceptors (Lipinski definition) is 3. The summed E-state index contributed by atoms with van der Waals surface area (Å²) in [6, 6.07) is 13.8. The molecule has 2 aromatic carbocycles. The molecule has 0 bridgehead atoms. The first-order valence-electron chi connectivity index (χ1n) is 6.04. The molecule has 4 heteroatoms. The van der Waals surface area contributed by atoms with Crippen molar-refractivity contribution in [3.63, 3.8) is 0 Å². The highest BCUT2D eigenvalue weighted by atomic mass is 35.5. The first-order chi connectivity index (χ1) is 9.20. The van der Waals surface area contributed by atoms with Crippen LogP contribution in [0, 0.1) is 0 Å². The molecule has 0 fully saturated rings. The van der Waals surface area contributed by atoms with E-state index in [1.165, 1.54) is 6.92 Å². The Kier molecular flexibility index (Phi) is 4.63. The summed E-state index contributed by atoms with van der Waals surface area (Å²) in [5.74, 6) is 0.622. The number of alkyl halides is 1. The van der Waals surface area contributed by atoms with Gasteiger partial charge in [-0.25, -0.2) is 0 Å². The number of carbonyl (C=O) groups excluding carboxylic acids is 1. The first-order valence-corrected chi connectivity index (χ1v) is 6.58. The van der Waals surface area contributed by atoms with E-state index in [1.807, 2.05) is 42.5 Å². The lowest BCUT2D eigenvalue weighted by molar-refractivity contribution is -0.146. The average Bonchev–Trinajstić information content (AvgIpc) is 2.43. The number of ether oxygens (including phenoxy) is 2. The van der Waals surface area contributed by atoms with Gasteiger partial charge in [0.2, 0.25) is 0 Å². The molecule has 0 radical (unpaired) electrons. The predicted octanol–water partition coefficient (Wildman–Crippen LogP) is 3.39. The lowest BCUT2D eigenvalue weighted by atomic mass is 10.1. The Morgan fingerprint density at radius 2 is 1.95 bits per heavy atom. The molecule has 0 N–H and O–H groups in total. The average molecular weight is 279 g/mol. The topological polar surface area (TPSA) is 35.5 Å². The van der Waals surface area contributed by atoms with Crippen LogP contribution < -0.4 is 4.74 Å². The quantitative estimate of drug-likeness (QED) is 0.621. The lowest BCUT2D eigenvalue weighted by Gasteiger charge is -2.16. The van der Waals surface area contributed by atoms with Crippen LogP contribution in [0.15, 0.2) is 42.5 Å². The molecule has 0 heterocycles. The molecule has 0 spiro atoms. The number of halogens is 1. The van der Waals surface area contributed by atoms with Crippen molar-refractivity contribution in [2.45, 2.75) is 13.0 Å². The van der Waals surface area contributed by atoms with Crippen molar-refractivity contribution in [2.75, 3.05) is 12.5 Å². The fraction of sp³-hybridized carbons (Fsp3) is 0.267. The highest BCUT2D eigenvalue weighted by Crippen LogP contribution is 2.25. The summed E-state index contributed by atoms with van der Waals surface area (Å²) in [5.41, 5.74) is 0. The summed E-state index contributed by atoms with van der Waals surface area (Å²) in [5, 5.41) is 2.14. The molecular formula is C15H15ClO3. The Morgan fingerprint density at radius 3 is 2.68 bits per heavy atom. The zero-order valence-corrected chi connectivity index (χ0v) is 11.4. The van der Waals surface area contributed by atoms with Crippen molar-refractivity contribution in [3.8, 4) is 5.75 Å². The molecule has 0 aliphatic carbocycles. The molecule has 0 aliphatic rings. The number of rotatable bonds is 5. The van der Waals surface area contributed by atoms with Crippen LogP contribution in [-0.2, 0) is 9.53 Å². The van der Waals surface area contributed by atoms with Gasteiger partial charge in [-0.1, -0.05) is 36.4 Å². The van der Waals surface area contributed by atoms with Crippen molar-refractivity contribution in [2.24, 2.45) is 0 Å². The maximum absolute atomic E-state index is 10.9. The Balaban J connectivity index is 2.11. The number of fused-ring (bicyclic) bond motifs is 1. The van der Waals surface area contributed by atoms with Gasteiger partial charge in [-0.3, -0.25) is 4.79 Å². The van der Waals surface area contributed by atoms with Crippen LogP contribution in [0.2, 0.25) is 0 Å². The van der Waals surface area contributed by atoms with E-state index in [2.05, 4.69) is 0 Å². The second-order valence-corrected chi connectivity index (χ2v) is 4.48. The highest BCUT2D eigenvalue weighted by Gasteiger charge is 2.12. The van der Waals surface area contributed by atoms with E-state index >= 15 is 0 Å². The second-order valence-electron chi connectivity index (χ2n) is 4.17. The summed E-state index contributed by atoms with van der Waals surface area (Å²) >= 11 is 5.74. The van der Waals surface area contributed by atoms with Crippen LogP contribution in [0.25, 0.3) is 10.8 Å². The number of carbonyl (C=O) groups is 1. The monoisotopic (exact) mass is 278 g/mol. The van der Waals surface area contributed by atoms with Crippen LogP contribution in [-0.4, -0.2) is 24.6 Å². The minimum absolute atomic E-state index is 0.213. The molecule has 0 saturated carbocycles. The van der Waals surface area contributed by atoms with Crippen LogP contribution >= 0.6 is 11.6 Å². The van der Waals surface area contributed by atoms with E-state index < -0.39 is 6.10 Å². The molecule has 0 amide bonds. The fourth-order valence-corrected chi connectivity index (χ4v) is 2.00. The van der Waals surface area contributed by atoms with E-state index in [-0.39, 0.29) is 18.5 Å². The minimum atomic E-state index is -0.432. The second kappa shape index (κ2) is 6.43. The van der Waals surface area contributed by atoms with Gasteiger partial charge >= 0.3 is 5.97 Å². The zero-order chi connectivity index (χ0) is 13.7. The normalized spacial score (nSPS) is 12.1. The summed E-state index contributed by atoms with van der Waals surface area (Å²) in [4.78, 5) is 10.9. The van der Waals surface area contributed by atoms with Crippen LogP contribution in [0.3, 0.4) is 0 Å². The number of esters is 1. The molecule has 3 nitrogen and oxygen atoms in total. The third-order valence-corrected chi connectivity index (χ3v) is 3.02. The van der Waals surface area contributed by atoms with Gasteiger partial charge in [0, 0.05) is 12.3 Å². The summed E-state index contributed by atoms with van der Waals surface area (Å²) < 4.78 is 10.7. The van der Waals surface area contributed by atoms with Gasteiger partial charge in [0.15, 0.2) is 0 Å². The first kappa shape index (κ1) is 13.7. The number of hydrogen-bond donors (Lipinski definition) is 0. The predicted molar refractivity (Wildman–Crippen MR) is 75.7 cm³/mol. The summed E-state index contributed by atoms with van der Waals surface area (Å²) in [7, 11) is 0. The van der Waals surface area contributed by atoms with E-state index in [1.54, 1.807) is 0 Å². The van der Waals surface area contributed by atoms with Crippen LogP contribution in [0.1, 0.15) is 6.92 Å². The molecule has 0 aromatic heterocycles.